The molecule has 1 aliphatic rings. The molecule has 0 saturated carbocycles. The summed E-state index contributed by atoms with van der Waals surface area (Å²) in [6, 6.07) is 3.62. The zero-order chi connectivity index (χ0) is 11.4. The van der Waals surface area contributed by atoms with Crippen LogP contribution < -0.4 is 0 Å². The van der Waals surface area contributed by atoms with E-state index in [0.29, 0.717) is 5.56 Å². The van der Waals surface area contributed by atoms with Crippen LogP contribution in [0.2, 0.25) is 0 Å². The average Bonchev–Trinajstić information content (AvgIpc) is 2.57. The van der Waals surface area contributed by atoms with Crippen LogP contribution in [0.25, 0.3) is 0 Å². The fourth-order valence-corrected chi connectivity index (χ4v) is 2.76. The molecule has 0 spiro atoms. The highest BCUT2D eigenvalue weighted by molar-refractivity contribution is 9.10. The lowest BCUT2D eigenvalue weighted by atomic mass is 10.2. The zero-order valence-electron chi connectivity index (χ0n) is 8.86. The van der Waals surface area contributed by atoms with Crippen LogP contribution in [-0.2, 0) is 0 Å². The summed E-state index contributed by atoms with van der Waals surface area (Å²) >= 11 is 5.18. The molecule has 2 rings (SSSR count). The maximum Gasteiger partial charge on any atom is 0.255 e. The molecule has 1 amide bonds. The Balaban J connectivity index is 2.08. The summed E-state index contributed by atoms with van der Waals surface area (Å²) in [5.74, 6) is 2.29. The van der Waals surface area contributed by atoms with Gasteiger partial charge in [0.05, 0.1) is 5.56 Å². The van der Waals surface area contributed by atoms with Gasteiger partial charge in [-0.2, -0.15) is 11.8 Å². The molecule has 16 heavy (non-hydrogen) atoms. The minimum absolute atomic E-state index is 0.0995. The summed E-state index contributed by atoms with van der Waals surface area (Å²) in [6.07, 6.45) is 2.71. The summed E-state index contributed by atoms with van der Waals surface area (Å²) in [7, 11) is 0. The lowest BCUT2D eigenvalue weighted by molar-refractivity contribution is 0.0768. The van der Waals surface area contributed by atoms with Crippen molar-refractivity contribution in [2.45, 2.75) is 6.42 Å². The second kappa shape index (κ2) is 5.68. The maximum atomic E-state index is 12.1. The number of nitrogens with zero attached hydrogens (tertiary/aromatic N) is 2. The Bertz CT molecular complexity index is 361. The number of carbonyl (C=O) groups is 1. The molecule has 0 radical (unpaired) electrons. The first kappa shape index (κ1) is 11.9. The van der Waals surface area contributed by atoms with E-state index < -0.39 is 0 Å². The molecule has 5 heteroatoms. The van der Waals surface area contributed by atoms with Gasteiger partial charge in [0.1, 0.15) is 4.60 Å². The molecule has 0 atom stereocenters. The second-order valence-corrected chi connectivity index (χ2v) is 5.66. The summed E-state index contributed by atoms with van der Waals surface area (Å²) < 4.78 is 0.760. The number of pyridine rings is 1. The number of halogens is 1. The molecule has 0 aromatic carbocycles. The number of hydrogen-bond acceptors (Lipinski definition) is 3. The van der Waals surface area contributed by atoms with Gasteiger partial charge in [-0.1, -0.05) is 0 Å². The van der Waals surface area contributed by atoms with Crippen molar-refractivity contribution in [3.05, 3.63) is 28.5 Å². The average molecular weight is 301 g/mol. The molecule has 1 fully saturated rings. The van der Waals surface area contributed by atoms with Gasteiger partial charge >= 0.3 is 0 Å². The van der Waals surface area contributed by atoms with Crippen LogP contribution in [-0.4, -0.2) is 40.4 Å². The summed E-state index contributed by atoms with van der Waals surface area (Å²) in [6.45, 7) is 1.71. The number of thioether (sulfide) groups is 1. The van der Waals surface area contributed by atoms with Crippen LogP contribution in [0, 0.1) is 0 Å². The lowest BCUT2D eigenvalue weighted by Crippen LogP contribution is -2.32. The van der Waals surface area contributed by atoms with E-state index in [1.807, 2.05) is 22.7 Å². The van der Waals surface area contributed by atoms with E-state index in [4.69, 9.17) is 0 Å². The van der Waals surface area contributed by atoms with Crippen LogP contribution in [0.5, 0.6) is 0 Å². The van der Waals surface area contributed by atoms with Crippen molar-refractivity contribution in [3.8, 4) is 0 Å². The zero-order valence-corrected chi connectivity index (χ0v) is 11.3. The smallest absolute Gasteiger partial charge is 0.255 e. The van der Waals surface area contributed by atoms with Gasteiger partial charge in [-0.15, -0.1) is 0 Å². The third kappa shape index (κ3) is 2.98. The monoisotopic (exact) mass is 300 g/mol. The van der Waals surface area contributed by atoms with Crippen molar-refractivity contribution in [1.29, 1.82) is 0 Å². The van der Waals surface area contributed by atoms with Crippen molar-refractivity contribution in [2.75, 3.05) is 24.6 Å². The third-order valence-corrected chi connectivity index (χ3v) is 4.00. The standard InChI is InChI=1S/C11H13BrN2OS/c12-10-3-2-9(8-13-10)11(15)14-4-1-6-16-7-5-14/h2-3,8H,1,4-7H2. The van der Waals surface area contributed by atoms with Gasteiger partial charge in [-0.05, 0) is 40.2 Å². The van der Waals surface area contributed by atoms with Gasteiger partial charge in [0, 0.05) is 25.0 Å². The Morgan fingerprint density at radius 3 is 3.00 bits per heavy atom. The van der Waals surface area contributed by atoms with Gasteiger partial charge in [-0.3, -0.25) is 4.79 Å². The lowest BCUT2D eigenvalue weighted by Gasteiger charge is -2.19. The minimum Gasteiger partial charge on any atom is -0.338 e. The van der Waals surface area contributed by atoms with Crippen molar-refractivity contribution in [2.24, 2.45) is 0 Å². The number of hydrogen-bond donors (Lipinski definition) is 0. The maximum absolute atomic E-state index is 12.1. The highest BCUT2D eigenvalue weighted by Crippen LogP contribution is 2.14. The topological polar surface area (TPSA) is 33.2 Å². The highest BCUT2D eigenvalue weighted by atomic mass is 79.9. The fraction of sp³-hybridized carbons (Fsp3) is 0.455. The van der Waals surface area contributed by atoms with Crippen LogP contribution in [0.1, 0.15) is 16.8 Å². The molecule has 1 aliphatic heterocycles. The molecule has 0 N–H and O–H groups in total. The van der Waals surface area contributed by atoms with Crippen molar-refractivity contribution in [3.63, 3.8) is 0 Å². The first-order valence-electron chi connectivity index (χ1n) is 5.26. The van der Waals surface area contributed by atoms with E-state index >= 15 is 0 Å². The minimum atomic E-state index is 0.0995. The number of carbonyl (C=O) groups excluding carboxylic acids is 1. The van der Waals surface area contributed by atoms with Gasteiger partial charge in [0.25, 0.3) is 5.91 Å². The van der Waals surface area contributed by atoms with E-state index in [-0.39, 0.29) is 5.91 Å². The molecule has 2 heterocycles. The molecule has 1 aromatic rings. The number of aromatic nitrogens is 1. The molecular weight excluding hydrogens is 288 g/mol. The van der Waals surface area contributed by atoms with E-state index in [9.17, 15) is 4.79 Å². The molecule has 1 aromatic heterocycles. The van der Waals surface area contributed by atoms with E-state index in [1.165, 1.54) is 0 Å². The SMILES string of the molecule is O=C(c1ccc(Br)nc1)N1CCCSCC1. The number of amides is 1. The van der Waals surface area contributed by atoms with Gasteiger partial charge in [0.2, 0.25) is 0 Å². The number of rotatable bonds is 1. The molecular formula is C11H13BrN2OS. The van der Waals surface area contributed by atoms with E-state index in [2.05, 4.69) is 20.9 Å². The van der Waals surface area contributed by atoms with Crippen LogP contribution in [0.3, 0.4) is 0 Å². The second-order valence-electron chi connectivity index (χ2n) is 3.63. The Kier molecular flexibility index (Phi) is 4.23. The van der Waals surface area contributed by atoms with Gasteiger partial charge in [0.15, 0.2) is 0 Å². The Labute approximate surface area is 108 Å². The molecule has 0 unspecified atom stereocenters. The quantitative estimate of drug-likeness (QED) is 0.747. The van der Waals surface area contributed by atoms with E-state index in [1.54, 1.807) is 12.3 Å². The predicted octanol–water partition coefficient (Wildman–Crippen LogP) is 2.42. The summed E-state index contributed by atoms with van der Waals surface area (Å²) in [5.41, 5.74) is 0.676. The largest absolute Gasteiger partial charge is 0.338 e. The molecule has 1 saturated heterocycles. The third-order valence-electron chi connectivity index (χ3n) is 2.48. The molecule has 3 nitrogen and oxygen atoms in total. The van der Waals surface area contributed by atoms with Crippen molar-refractivity contribution in [1.82, 2.24) is 9.88 Å². The molecule has 0 bridgehead atoms. The molecule has 86 valence electrons. The predicted molar refractivity (Wildman–Crippen MR) is 69.8 cm³/mol. The van der Waals surface area contributed by atoms with Crippen molar-refractivity contribution >= 4 is 33.6 Å². The first-order valence-corrected chi connectivity index (χ1v) is 7.21. The Hall–Kier alpha value is -0.550. The normalized spacial score (nSPS) is 16.9. The first-order chi connectivity index (χ1) is 7.77. The Morgan fingerprint density at radius 2 is 2.25 bits per heavy atom. The van der Waals surface area contributed by atoms with Crippen LogP contribution in [0.15, 0.2) is 22.9 Å². The summed E-state index contributed by atoms with van der Waals surface area (Å²) in [4.78, 5) is 18.1. The Morgan fingerprint density at radius 1 is 1.38 bits per heavy atom. The highest BCUT2D eigenvalue weighted by Gasteiger charge is 2.17. The van der Waals surface area contributed by atoms with Crippen LogP contribution in [0.4, 0.5) is 0 Å². The fourth-order valence-electron chi connectivity index (χ4n) is 1.63. The summed E-state index contributed by atoms with van der Waals surface area (Å²) in [5, 5.41) is 0. The van der Waals surface area contributed by atoms with E-state index in [0.717, 1.165) is 35.6 Å². The van der Waals surface area contributed by atoms with Gasteiger partial charge in [-0.25, -0.2) is 4.98 Å². The van der Waals surface area contributed by atoms with Gasteiger partial charge < -0.3 is 4.90 Å². The van der Waals surface area contributed by atoms with Crippen molar-refractivity contribution < 1.29 is 4.79 Å². The van der Waals surface area contributed by atoms with Crippen LogP contribution >= 0.6 is 27.7 Å². The molecule has 0 aliphatic carbocycles.